The van der Waals surface area contributed by atoms with E-state index in [1.54, 1.807) is 0 Å². The Kier molecular flexibility index (Phi) is 44.7. The lowest BCUT2D eigenvalue weighted by Crippen LogP contribution is -2.30. The zero-order valence-corrected chi connectivity index (χ0v) is 40.4. The highest BCUT2D eigenvalue weighted by molar-refractivity contribution is 5.71. The van der Waals surface area contributed by atoms with E-state index in [1.807, 2.05) is 0 Å². The average Bonchev–Trinajstić information content (AvgIpc) is 3.22. The van der Waals surface area contributed by atoms with Crippen molar-refractivity contribution in [3.8, 4) is 0 Å². The lowest BCUT2D eigenvalue weighted by atomic mass is 9.99. The van der Waals surface area contributed by atoms with Crippen LogP contribution in [0.2, 0.25) is 0 Å². The van der Waals surface area contributed by atoms with Gasteiger partial charge in [-0.1, -0.05) is 253 Å². The third kappa shape index (κ3) is 45.8. The molecule has 350 valence electrons. The molecule has 59 heavy (non-hydrogen) atoms. The van der Waals surface area contributed by atoms with Crippen molar-refractivity contribution in [1.29, 1.82) is 0 Å². The van der Waals surface area contributed by atoms with E-state index < -0.39 is 6.10 Å². The topological polar surface area (TPSA) is 78.9 Å². The summed E-state index contributed by atoms with van der Waals surface area (Å²) in [6.45, 7) is 11.3. The molecule has 0 aromatic rings. The SMILES string of the molecule is CCCCCCCC(=O)OC[C@H](COC(=O)CCCCCCCCCCCCCC(C)C)OC(=O)CCCCCCCCCCCCCCCCCCCCC(C)CC. The molecule has 0 N–H and O–H groups in total. The standard InChI is InChI=1S/C53H102O6/c1-6-8-9-31-38-43-51(54)57-46-50(47-58-52(55)44-39-34-29-25-22-18-19-23-27-32-36-41-48(3)4)59-53(56)45-40-35-30-26-21-17-15-13-11-10-12-14-16-20-24-28-33-37-42-49(5)7-2/h48-50H,6-47H2,1-5H3/t49?,50-/m1/s1. The first kappa shape index (κ1) is 57.4. The molecule has 2 atom stereocenters. The smallest absolute Gasteiger partial charge is 0.306 e. The number of carbonyl (C=O) groups excluding carboxylic acids is 3. The summed E-state index contributed by atoms with van der Waals surface area (Å²) in [6, 6.07) is 0. The van der Waals surface area contributed by atoms with Gasteiger partial charge in [0.15, 0.2) is 6.10 Å². The van der Waals surface area contributed by atoms with Crippen molar-refractivity contribution in [2.75, 3.05) is 13.2 Å². The van der Waals surface area contributed by atoms with Crippen LogP contribution in [0.4, 0.5) is 0 Å². The van der Waals surface area contributed by atoms with Crippen LogP contribution in [0.25, 0.3) is 0 Å². The van der Waals surface area contributed by atoms with Gasteiger partial charge in [0.25, 0.3) is 0 Å². The zero-order chi connectivity index (χ0) is 43.3. The van der Waals surface area contributed by atoms with E-state index in [4.69, 9.17) is 14.2 Å². The predicted octanol–water partition coefficient (Wildman–Crippen LogP) is 16.9. The van der Waals surface area contributed by atoms with Gasteiger partial charge < -0.3 is 14.2 Å². The average molecular weight is 835 g/mol. The van der Waals surface area contributed by atoms with Gasteiger partial charge in [-0.3, -0.25) is 14.4 Å². The molecule has 0 aliphatic carbocycles. The summed E-state index contributed by atoms with van der Waals surface area (Å²) in [5.74, 6) is 0.874. The Labute approximate surface area is 368 Å². The molecule has 0 bridgehead atoms. The van der Waals surface area contributed by atoms with Crippen LogP contribution in [-0.2, 0) is 28.6 Å². The maximum atomic E-state index is 12.7. The van der Waals surface area contributed by atoms with Crippen molar-refractivity contribution < 1.29 is 28.6 Å². The number of hydrogen-bond acceptors (Lipinski definition) is 6. The summed E-state index contributed by atoms with van der Waals surface area (Å²) in [6.07, 6.45) is 47.0. The lowest BCUT2D eigenvalue weighted by Gasteiger charge is -2.18. The van der Waals surface area contributed by atoms with Crippen LogP contribution in [0.1, 0.15) is 291 Å². The van der Waals surface area contributed by atoms with E-state index in [0.29, 0.717) is 19.3 Å². The number of esters is 3. The van der Waals surface area contributed by atoms with E-state index >= 15 is 0 Å². The normalized spacial score (nSPS) is 12.5. The van der Waals surface area contributed by atoms with Gasteiger partial charge in [0.1, 0.15) is 13.2 Å². The highest BCUT2D eigenvalue weighted by atomic mass is 16.6. The molecule has 0 spiro atoms. The van der Waals surface area contributed by atoms with Gasteiger partial charge in [0, 0.05) is 19.3 Å². The minimum Gasteiger partial charge on any atom is -0.462 e. The molecular weight excluding hydrogens is 733 g/mol. The van der Waals surface area contributed by atoms with E-state index in [9.17, 15) is 14.4 Å². The van der Waals surface area contributed by atoms with Crippen LogP contribution < -0.4 is 0 Å². The van der Waals surface area contributed by atoms with Crippen LogP contribution in [0.5, 0.6) is 0 Å². The minimum atomic E-state index is -0.759. The number of unbranched alkanes of at least 4 members (excludes halogenated alkanes) is 31. The Bertz CT molecular complexity index is 902. The maximum absolute atomic E-state index is 12.7. The second-order valence-corrected chi connectivity index (χ2v) is 18.9. The third-order valence-corrected chi connectivity index (χ3v) is 12.3. The quantitative estimate of drug-likeness (QED) is 0.0345. The van der Waals surface area contributed by atoms with Crippen LogP contribution in [0.15, 0.2) is 0 Å². The number of carbonyl (C=O) groups is 3. The lowest BCUT2D eigenvalue weighted by molar-refractivity contribution is -0.167. The summed E-state index contributed by atoms with van der Waals surface area (Å²) < 4.78 is 16.7. The molecule has 0 radical (unpaired) electrons. The molecule has 6 nitrogen and oxygen atoms in total. The molecule has 0 heterocycles. The van der Waals surface area contributed by atoms with Crippen LogP contribution in [0.3, 0.4) is 0 Å². The van der Waals surface area contributed by atoms with Crippen LogP contribution >= 0.6 is 0 Å². The fourth-order valence-electron chi connectivity index (χ4n) is 7.96. The summed E-state index contributed by atoms with van der Waals surface area (Å²) in [5.41, 5.74) is 0. The highest BCUT2D eigenvalue weighted by Crippen LogP contribution is 2.18. The zero-order valence-electron chi connectivity index (χ0n) is 40.4. The van der Waals surface area contributed by atoms with Crippen molar-refractivity contribution >= 4 is 17.9 Å². The van der Waals surface area contributed by atoms with Gasteiger partial charge in [-0.25, -0.2) is 0 Å². The summed E-state index contributed by atoms with van der Waals surface area (Å²) in [7, 11) is 0. The molecule has 0 aromatic carbocycles. The van der Waals surface area contributed by atoms with Gasteiger partial charge in [-0.2, -0.15) is 0 Å². The summed E-state index contributed by atoms with van der Waals surface area (Å²) in [5, 5.41) is 0. The van der Waals surface area contributed by atoms with E-state index in [-0.39, 0.29) is 31.1 Å². The first-order valence-corrected chi connectivity index (χ1v) is 26.3. The summed E-state index contributed by atoms with van der Waals surface area (Å²) >= 11 is 0. The highest BCUT2D eigenvalue weighted by Gasteiger charge is 2.19. The Morgan fingerprint density at radius 3 is 0.966 bits per heavy atom. The Morgan fingerprint density at radius 1 is 0.356 bits per heavy atom. The molecule has 1 unspecified atom stereocenters. The second-order valence-electron chi connectivity index (χ2n) is 18.9. The molecule has 0 fully saturated rings. The first-order valence-electron chi connectivity index (χ1n) is 26.3. The first-order chi connectivity index (χ1) is 28.8. The van der Waals surface area contributed by atoms with E-state index in [0.717, 1.165) is 76.0 Å². The van der Waals surface area contributed by atoms with Crippen molar-refractivity contribution in [2.45, 2.75) is 298 Å². The van der Waals surface area contributed by atoms with Gasteiger partial charge in [0.05, 0.1) is 0 Å². The van der Waals surface area contributed by atoms with Crippen molar-refractivity contribution in [3.05, 3.63) is 0 Å². The fourth-order valence-corrected chi connectivity index (χ4v) is 7.96. The van der Waals surface area contributed by atoms with Gasteiger partial charge in [-0.05, 0) is 31.1 Å². The predicted molar refractivity (Wildman–Crippen MR) is 252 cm³/mol. The Balaban J connectivity index is 4.07. The largest absolute Gasteiger partial charge is 0.462 e. The molecule has 6 heteroatoms. The molecule has 0 aromatic heterocycles. The van der Waals surface area contributed by atoms with Crippen LogP contribution in [-0.4, -0.2) is 37.2 Å². The molecule has 0 rings (SSSR count). The summed E-state index contributed by atoms with van der Waals surface area (Å²) in [4.78, 5) is 37.6. The monoisotopic (exact) mass is 835 g/mol. The van der Waals surface area contributed by atoms with E-state index in [1.165, 1.54) is 173 Å². The second kappa shape index (κ2) is 45.9. The molecule has 0 saturated heterocycles. The number of rotatable bonds is 47. The molecular formula is C53H102O6. The molecule has 0 aliphatic rings. The molecule has 0 saturated carbocycles. The van der Waals surface area contributed by atoms with Gasteiger partial charge in [-0.15, -0.1) is 0 Å². The number of ether oxygens (including phenoxy) is 3. The van der Waals surface area contributed by atoms with Crippen LogP contribution in [0, 0.1) is 11.8 Å². The molecule has 0 aliphatic heterocycles. The Morgan fingerprint density at radius 2 is 0.644 bits per heavy atom. The van der Waals surface area contributed by atoms with Gasteiger partial charge in [0.2, 0.25) is 0 Å². The van der Waals surface area contributed by atoms with E-state index in [2.05, 4.69) is 34.6 Å². The fraction of sp³-hybridized carbons (Fsp3) is 0.943. The Hall–Kier alpha value is -1.59. The molecule has 0 amide bonds. The van der Waals surface area contributed by atoms with Gasteiger partial charge >= 0.3 is 17.9 Å². The maximum Gasteiger partial charge on any atom is 0.306 e. The van der Waals surface area contributed by atoms with Crippen molar-refractivity contribution in [2.24, 2.45) is 11.8 Å². The van der Waals surface area contributed by atoms with Crippen molar-refractivity contribution in [1.82, 2.24) is 0 Å². The van der Waals surface area contributed by atoms with Crippen molar-refractivity contribution in [3.63, 3.8) is 0 Å². The third-order valence-electron chi connectivity index (χ3n) is 12.3. The minimum absolute atomic E-state index is 0.0648. The number of hydrogen-bond donors (Lipinski definition) is 0.